The smallest absolute Gasteiger partial charge is 0.309 e. The molecule has 6 heteroatoms. The Morgan fingerprint density at radius 3 is 1.37 bits per heavy atom. The highest BCUT2D eigenvalue weighted by atomic mass is 16.7. The van der Waals surface area contributed by atoms with Crippen molar-refractivity contribution in [2.75, 3.05) is 13.2 Å². The minimum absolute atomic E-state index is 0.000117. The lowest BCUT2D eigenvalue weighted by atomic mass is 9.81. The van der Waals surface area contributed by atoms with Crippen LogP contribution in [0.1, 0.15) is 78.1 Å². The van der Waals surface area contributed by atoms with Crippen LogP contribution in [-0.4, -0.2) is 49.6 Å². The zero-order valence-corrected chi connectivity index (χ0v) is 18.6. The van der Waals surface area contributed by atoms with E-state index >= 15 is 0 Å². The van der Waals surface area contributed by atoms with Crippen molar-refractivity contribution in [2.24, 2.45) is 23.7 Å². The summed E-state index contributed by atoms with van der Waals surface area (Å²) >= 11 is 0. The summed E-state index contributed by atoms with van der Waals surface area (Å²) in [5.74, 6) is 1.27. The minimum Gasteiger partial charge on any atom is -0.457 e. The summed E-state index contributed by atoms with van der Waals surface area (Å²) in [5.41, 5.74) is 0. The predicted molar refractivity (Wildman–Crippen MR) is 111 cm³/mol. The Morgan fingerprint density at radius 1 is 0.667 bits per heavy atom. The summed E-state index contributed by atoms with van der Waals surface area (Å²) in [6, 6.07) is 0. The van der Waals surface area contributed by atoms with Crippen molar-refractivity contribution in [1.82, 2.24) is 0 Å². The third-order valence-electron chi connectivity index (χ3n) is 8.01. The van der Waals surface area contributed by atoms with Crippen molar-refractivity contribution in [3.05, 3.63) is 0 Å². The molecule has 2 aliphatic heterocycles. The van der Waals surface area contributed by atoms with Gasteiger partial charge < -0.3 is 18.9 Å². The first kappa shape index (κ1) is 22.1. The largest absolute Gasteiger partial charge is 0.457 e. The number of rotatable bonds is 6. The van der Waals surface area contributed by atoms with Gasteiger partial charge in [-0.25, -0.2) is 0 Å². The molecule has 30 heavy (non-hydrogen) atoms. The van der Waals surface area contributed by atoms with E-state index in [1.807, 2.05) is 0 Å². The second-order valence-corrected chi connectivity index (χ2v) is 9.80. The van der Waals surface area contributed by atoms with E-state index in [-0.39, 0.29) is 36.0 Å². The summed E-state index contributed by atoms with van der Waals surface area (Å²) in [5, 5.41) is 0. The lowest BCUT2D eigenvalue weighted by molar-refractivity contribution is -0.161. The average molecular weight is 423 g/mol. The molecule has 4 rings (SSSR count). The van der Waals surface area contributed by atoms with Crippen molar-refractivity contribution in [3.8, 4) is 0 Å². The van der Waals surface area contributed by atoms with Gasteiger partial charge in [-0.15, -0.1) is 0 Å². The fraction of sp³-hybridized carbons (Fsp3) is 0.917. The van der Waals surface area contributed by atoms with Crippen molar-refractivity contribution in [2.45, 2.75) is 102 Å². The fourth-order valence-electron chi connectivity index (χ4n) is 5.73. The minimum atomic E-state index is -0.393. The lowest BCUT2D eigenvalue weighted by Gasteiger charge is -2.28. The Bertz CT molecular complexity index is 539. The van der Waals surface area contributed by atoms with Crippen LogP contribution < -0.4 is 0 Å². The van der Waals surface area contributed by atoms with E-state index in [1.54, 1.807) is 0 Å². The van der Waals surface area contributed by atoms with E-state index in [0.717, 1.165) is 63.2 Å². The van der Waals surface area contributed by atoms with Gasteiger partial charge in [-0.05, 0) is 63.2 Å². The van der Waals surface area contributed by atoms with Gasteiger partial charge in [-0.2, -0.15) is 0 Å². The molecule has 2 saturated carbocycles. The van der Waals surface area contributed by atoms with Crippen LogP contribution >= 0.6 is 0 Å². The summed E-state index contributed by atoms with van der Waals surface area (Å²) < 4.78 is 23.3. The Labute approximate surface area is 180 Å². The SMILES string of the molecule is CCC1CCC(C(=O)OC2COC3C(OC(=O)C4CCC(CC)CC4)COC23)CC1. The number of hydrogen-bond donors (Lipinski definition) is 0. The summed E-state index contributed by atoms with van der Waals surface area (Å²) in [6.07, 6.45) is 9.05. The van der Waals surface area contributed by atoms with E-state index < -0.39 is 12.2 Å². The van der Waals surface area contributed by atoms with Gasteiger partial charge in [0.1, 0.15) is 12.2 Å². The topological polar surface area (TPSA) is 71.1 Å². The molecule has 0 radical (unpaired) electrons. The normalized spacial score (nSPS) is 41.3. The molecule has 6 nitrogen and oxygen atoms in total. The molecule has 0 aromatic heterocycles. The maximum absolute atomic E-state index is 12.6. The number of ether oxygens (including phenoxy) is 4. The highest BCUT2D eigenvalue weighted by molar-refractivity contribution is 5.73. The first-order valence-corrected chi connectivity index (χ1v) is 12.2. The molecule has 2 heterocycles. The molecular weight excluding hydrogens is 384 g/mol. The van der Waals surface area contributed by atoms with Crippen LogP contribution in [0, 0.1) is 23.7 Å². The maximum atomic E-state index is 12.6. The van der Waals surface area contributed by atoms with Crippen LogP contribution in [0.5, 0.6) is 0 Å². The fourth-order valence-corrected chi connectivity index (χ4v) is 5.73. The number of esters is 2. The number of fused-ring (bicyclic) bond motifs is 1. The van der Waals surface area contributed by atoms with Crippen molar-refractivity contribution in [3.63, 3.8) is 0 Å². The quantitative estimate of drug-likeness (QED) is 0.602. The molecular formula is C24H38O6. The Kier molecular flexibility index (Phi) is 7.35. The number of carbonyl (C=O) groups excluding carboxylic acids is 2. The first-order chi connectivity index (χ1) is 14.6. The third-order valence-corrected chi connectivity index (χ3v) is 8.01. The maximum Gasteiger partial charge on any atom is 0.309 e. The van der Waals surface area contributed by atoms with Crippen LogP contribution in [0.25, 0.3) is 0 Å². The molecule has 2 aliphatic carbocycles. The predicted octanol–water partition coefficient (Wildman–Crippen LogP) is 4.04. The molecule has 0 amide bonds. The van der Waals surface area contributed by atoms with Gasteiger partial charge >= 0.3 is 11.9 Å². The molecule has 0 spiro atoms. The van der Waals surface area contributed by atoms with E-state index in [4.69, 9.17) is 18.9 Å². The van der Waals surface area contributed by atoms with Crippen LogP contribution in [-0.2, 0) is 28.5 Å². The van der Waals surface area contributed by atoms with Gasteiger partial charge in [0.15, 0.2) is 12.2 Å². The summed E-state index contributed by atoms with van der Waals surface area (Å²) in [7, 11) is 0. The van der Waals surface area contributed by atoms with Gasteiger partial charge in [0.2, 0.25) is 0 Å². The molecule has 4 aliphatic rings. The molecule has 4 unspecified atom stereocenters. The number of hydrogen-bond acceptors (Lipinski definition) is 6. The molecule has 0 aromatic rings. The van der Waals surface area contributed by atoms with Gasteiger partial charge in [0, 0.05) is 0 Å². The number of carbonyl (C=O) groups is 2. The second kappa shape index (κ2) is 9.99. The van der Waals surface area contributed by atoms with Crippen molar-refractivity contribution < 1.29 is 28.5 Å². The van der Waals surface area contributed by atoms with E-state index in [1.165, 1.54) is 12.8 Å². The van der Waals surface area contributed by atoms with Crippen LogP contribution in [0.2, 0.25) is 0 Å². The summed E-state index contributed by atoms with van der Waals surface area (Å²) in [4.78, 5) is 25.3. The van der Waals surface area contributed by atoms with Crippen LogP contribution in [0.15, 0.2) is 0 Å². The first-order valence-electron chi connectivity index (χ1n) is 12.2. The van der Waals surface area contributed by atoms with Gasteiger partial charge in [0.25, 0.3) is 0 Å². The molecule has 0 N–H and O–H groups in total. The monoisotopic (exact) mass is 422 g/mol. The molecule has 4 atom stereocenters. The highest BCUT2D eigenvalue weighted by Crippen LogP contribution is 2.36. The van der Waals surface area contributed by atoms with Gasteiger partial charge in [-0.3, -0.25) is 9.59 Å². The van der Waals surface area contributed by atoms with Gasteiger partial charge in [-0.1, -0.05) is 26.7 Å². The Hall–Kier alpha value is -1.14. The van der Waals surface area contributed by atoms with Crippen molar-refractivity contribution >= 4 is 11.9 Å². The van der Waals surface area contributed by atoms with Crippen molar-refractivity contribution in [1.29, 1.82) is 0 Å². The Morgan fingerprint density at radius 2 is 1.03 bits per heavy atom. The van der Waals surface area contributed by atoms with E-state index in [9.17, 15) is 9.59 Å². The highest BCUT2D eigenvalue weighted by Gasteiger charge is 2.51. The van der Waals surface area contributed by atoms with E-state index in [2.05, 4.69) is 13.8 Å². The van der Waals surface area contributed by atoms with Crippen LogP contribution in [0.3, 0.4) is 0 Å². The average Bonchev–Trinajstić information content (AvgIpc) is 3.37. The van der Waals surface area contributed by atoms with Crippen LogP contribution in [0.4, 0.5) is 0 Å². The molecule has 4 fully saturated rings. The zero-order chi connectivity index (χ0) is 21.1. The van der Waals surface area contributed by atoms with E-state index in [0.29, 0.717) is 13.2 Å². The van der Waals surface area contributed by atoms with Gasteiger partial charge in [0.05, 0.1) is 25.0 Å². The molecule has 170 valence electrons. The molecule has 0 bridgehead atoms. The molecule has 0 aromatic carbocycles. The Balaban J connectivity index is 1.23. The standard InChI is InChI=1S/C24H38O6/c1-3-15-5-9-17(10-6-15)23(25)29-19-13-27-22-20(14-28-21(19)22)30-24(26)18-11-7-16(4-2)8-12-18/h15-22H,3-14H2,1-2H3. The molecule has 2 saturated heterocycles. The second-order valence-electron chi connectivity index (χ2n) is 9.80. The third kappa shape index (κ3) is 4.85. The lowest BCUT2D eigenvalue weighted by Crippen LogP contribution is -2.38. The zero-order valence-electron chi connectivity index (χ0n) is 18.6. The summed E-state index contributed by atoms with van der Waals surface area (Å²) in [6.45, 7) is 5.08.